The van der Waals surface area contributed by atoms with Crippen molar-refractivity contribution in [3.63, 3.8) is 0 Å². The van der Waals surface area contributed by atoms with Gasteiger partial charge < -0.3 is 10.1 Å². The van der Waals surface area contributed by atoms with Gasteiger partial charge in [-0.3, -0.25) is 9.36 Å². The smallest absolute Gasteiger partial charge is 0.230 e. The predicted molar refractivity (Wildman–Crippen MR) is 136 cm³/mol. The third-order valence-corrected chi connectivity index (χ3v) is 6.37. The topological polar surface area (TPSA) is 69.0 Å². The van der Waals surface area contributed by atoms with Gasteiger partial charge >= 0.3 is 0 Å². The van der Waals surface area contributed by atoms with E-state index in [9.17, 15) is 4.79 Å². The van der Waals surface area contributed by atoms with Gasteiger partial charge in [-0.05, 0) is 48.4 Å². The molecule has 0 saturated carbocycles. The summed E-state index contributed by atoms with van der Waals surface area (Å²) in [5.41, 5.74) is 2.98. The van der Waals surface area contributed by atoms with Gasteiger partial charge in [0.05, 0.1) is 18.9 Å². The molecule has 4 rings (SSSR count). The van der Waals surface area contributed by atoms with Crippen LogP contribution in [0.4, 0.5) is 0 Å². The average Bonchev–Trinajstić information content (AvgIpc) is 3.32. The molecule has 4 aromatic rings. The molecule has 0 saturated heterocycles. The summed E-state index contributed by atoms with van der Waals surface area (Å²) >= 11 is 1.38. The minimum absolute atomic E-state index is 0.00107. The molecule has 6 nitrogen and oxygen atoms in total. The number of para-hydroxylation sites is 1. The SMILES string of the molecule is CCCC(NC(=O)CSc1nnc(-c2ccc(OC)cc2)n1-c1ccccc1)c1ccccc1. The van der Waals surface area contributed by atoms with E-state index in [0.29, 0.717) is 11.0 Å². The molecule has 1 amide bonds. The minimum Gasteiger partial charge on any atom is -0.497 e. The van der Waals surface area contributed by atoms with Crippen molar-refractivity contribution in [2.75, 3.05) is 12.9 Å². The van der Waals surface area contributed by atoms with Gasteiger partial charge in [0.15, 0.2) is 11.0 Å². The van der Waals surface area contributed by atoms with Crippen LogP contribution in [-0.2, 0) is 4.79 Å². The summed E-state index contributed by atoms with van der Waals surface area (Å²) in [7, 11) is 1.64. The summed E-state index contributed by atoms with van der Waals surface area (Å²) in [5.74, 6) is 1.72. The maximum Gasteiger partial charge on any atom is 0.230 e. The third-order valence-electron chi connectivity index (χ3n) is 5.44. The number of carbonyl (C=O) groups is 1. The maximum absolute atomic E-state index is 12.9. The Bertz CT molecular complexity index is 1190. The van der Waals surface area contributed by atoms with Crippen LogP contribution < -0.4 is 10.1 Å². The number of amides is 1. The maximum atomic E-state index is 12.9. The van der Waals surface area contributed by atoms with Gasteiger partial charge in [-0.2, -0.15) is 0 Å². The Hall–Kier alpha value is -3.58. The van der Waals surface area contributed by atoms with Crippen LogP contribution in [0, 0.1) is 0 Å². The van der Waals surface area contributed by atoms with Crippen LogP contribution in [0.15, 0.2) is 90.1 Å². The molecule has 0 fully saturated rings. The molecule has 0 aliphatic rings. The Kier molecular flexibility index (Phi) is 7.99. The highest BCUT2D eigenvalue weighted by Gasteiger charge is 2.19. The van der Waals surface area contributed by atoms with E-state index in [1.54, 1.807) is 7.11 Å². The molecule has 0 spiro atoms. The Morgan fingerprint density at radius 2 is 1.65 bits per heavy atom. The quantitative estimate of drug-likeness (QED) is 0.300. The van der Waals surface area contributed by atoms with Crippen LogP contribution >= 0.6 is 11.8 Å². The largest absolute Gasteiger partial charge is 0.497 e. The van der Waals surface area contributed by atoms with Crippen LogP contribution in [0.25, 0.3) is 17.1 Å². The summed E-state index contributed by atoms with van der Waals surface area (Å²) in [6.07, 6.45) is 1.88. The Morgan fingerprint density at radius 1 is 0.971 bits per heavy atom. The fourth-order valence-corrected chi connectivity index (χ4v) is 4.53. The van der Waals surface area contributed by atoms with E-state index >= 15 is 0 Å². The Balaban J connectivity index is 1.54. The number of hydrogen-bond acceptors (Lipinski definition) is 5. The summed E-state index contributed by atoms with van der Waals surface area (Å²) < 4.78 is 7.27. The lowest BCUT2D eigenvalue weighted by atomic mass is 10.0. The summed E-state index contributed by atoms with van der Waals surface area (Å²) in [4.78, 5) is 12.9. The van der Waals surface area contributed by atoms with Crippen molar-refractivity contribution >= 4 is 17.7 Å². The highest BCUT2D eigenvalue weighted by molar-refractivity contribution is 7.99. The molecule has 174 valence electrons. The van der Waals surface area contributed by atoms with E-state index in [1.165, 1.54) is 11.8 Å². The van der Waals surface area contributed by atoms with Crippen LogP contribution in [0.2, 0.25) is 0 Å². The van der Waals surface area contributed by atoms with Crippen molar-refractivity contribution in [3.8, 4) is 22.8 Å². The first kappa shape index (κ1) is 23.6. The van der Waals surface area contributed by atoms with Gasteiger partial charge in [-0.1, -0.05) is 73.6 Å². The Labute approximate surface area is 204 Å². The van der Waals surface area contributed by atoms with Gasteiger partial charge in [0.2, 0.25) is 5.91 Å². The molecule has 1 atom stereocenters. The van der Waals surface area contributed by atoms with Gasteiger partial charge in [0.25, 0.3) is 0 Å². The Morgan fingerprint density at radius 3 is 2.29 bits per heavy atom. The zero-order chi connectivity index (χ0) is 23.8. The van der Waals surface area contributed by atoms with E-state index in [1.807, 2.05) is 77.4 Å². The molecule has 1 aromatic heterocycles. The number of benzene rings is 3. The number of methoxy groups -OCH3 is 1. The number of nitrogens with one attached hydrogen (secondary N) is 1. The molecule has 1 N–H and O–H groups in total. The third kappa shape index (κ3) is 5.66. The van der Waals surface area contributed by atoms with Gasteiger partial charge in [0.1, 0.15) is 5.75 Å². The fourth-order valence-electron chi connectivity index (χ4n) is 3.76. The second-order valence-electron chi connectivity index (χ2n) is 7.81. The van der Waals surface area contributed by atoms with Crippen molar-refractivity contribution in [2.24, 2.45) is 0 Å². The lowest BCUT2D eigenvalue weighted by Crippen LogP contribution is -2.30. The average molecular weight is 473 g/mol. The lowest BCUT2D eigenvalue weighted by molar-refractivity contribution is -0.119. The van der Waals surface area contributed by atoms with Crippen molar-refractivity contribution < 1.29 is 9.53 Å². The standard InChI is InChI=1S/C27H28N4O2S/c1-3-10-24(20-11-6-4-7-12-20)28-25(32)19-34-27-30-29-26(21-15-17-23(33-2)18-16-21)31(27)22-13-8-5-9-14-22/h4-9,11-18,24H,3,10,19H2,1-2H3,(H,28,32). The summed E-state index contributed by atoms with van der Waals surface area (Å²) in [5, 5.41) is 12.7. The monoisotopic (exact) mass is 472 g/mol. The van der Waals surface area contributed by atoms with E-state index in [4.69, 9.17) is 4.74 Å². The molecule has 0 aliphatic carbocycles. The molecular weight excluding hydrogens is 444 g/mol. The molecule has 0 radical (unpaired) electrons. The second-order valence-corrected chi connectivity index (χ2v) is 8.76. The van der Waals surface area contributed by atoms with Gasteiger partial charge in [0, 0.05) is 11.3 Å². The van der Waals surface area contributed by atoms with Crippen LogP contribution in [0.1, 0.15) is 31.4 Å². The molecular formula is C27H28N4O2S. The van der Waals surface area contributed by atoms with Crippen LogP contribution in [0.3, 0.4) is 0 Å². The second kappa shape index (κ2) is 11.5. The highest BCUT2D eigenvalue weighted by atomic mass is 32.2. The highest BCUT2D eigenvalue weighted by Crippen LogP contribution is 2.29. The zero-order valence-electron chi connectivity index (χ0n) is 19.3. The summed E-state index contributed by atoms with van der Waals surface area (Å²) in [6, 6.07) is 27.8. The number of carbonyl (C=O) groups excluding carboxylic acids is 1. The first-order valence-electron chi connectivity index (χ1n) is 11.3. The first-order valence-corrected chi connectivity index (χ1v) is 12.3. The zero-order valence-corrected chi connectivity index (χ0v) is 20.2. The van der Waals surface area contributed by atoms with Crippen LogP contribution in [-0.4, -0.2) is 33.5 Å². The predicted octanol–water partition coefficient (Wildman–Crippen LogP) is 5.69. The van der Waals surface area contributed by atoms with E-state index in [-0.39, 0.29) is 17.7 Å². The molecule has 7 heteroatoms. The van der Waals surface area contributed by atoms with Crippen molar-refractivity contribution in [2.45, 2.75) is 31.0 Å². The van der Waals surface area contributed by atoms with Gasteiger partial charge in [-0.15, -0.1) is 10.2 Å². The lowest BCUT2D eigenvalue weighted by Gasteiger charge is -2.18. The van der Waals surface area contributed by atoms with Crippen LogP contribution in [0.5, 0.6) is 5.75 Å². The molecule has 0 aliphatic heterocycles. The molecule has 1 heterocycles. The van der Waals surface area contributed by atoms with E-state index < -0.39 is 0 Å². The van der Waals surface area contributed by atoms with Crippen molar-refractivity contribution in [3.05, 3.63) is 90.5 Å². The number of hydrogen-bond donors (Lipinski definition) is 1. The number of aromatic nitrogens is 3. The number of thioether (sulfide) groups is 1. The van der Waals surface area contributed by atoms with E-state index in [2.05, 4.69) is 34.6 Å². The van der Waals surface area contributed by atoms with Crippen molar-refractivity contribution in [1.82, 2.24) is 20.1 Å². The van der Waals surface area contributed by atoms with Gasteiger partial charge in [-0.25, -0.2) is 0 Å². The number of nitrogens with zero attached hydrogens (tertiary/aromatic N) is 3. The first-order chi connectivity index (χ1) is 16.7. The molecule has 3 aromatic carbocycles. The minimum atomic E-state index is -0.0269. The summed E-state index contributed by atoms with van der Waals surface area (Å²) in [6.45, 7) is 2.12. The molecule has 34 heavy (non-hydrogen) atoms. The number of rotatable bonds is 10. The molecule has 1 unspecified atom stereocenters. The van der Waals surface area contributed by atoms with Crippen molar-refractivity contribution in [1.29, 1.82) is 0 Å². The molecule has 0 bridgehead atoms. The number of ether oxygens (including phenoxy) is 1. The van der Waals surface area contributed by atoms with E-state index in [0.717, 1.165) is 35.4 Å². The normalized spacial score (nSPS) is 11.7. The fraction of sp³-hybridized carbons (Fsp3) is 0.222.